The number of alkyl halides is 2. The van der Waals surface area contributed by atoms with Crippen LogP contribution in [0.5, 0.6) is 0 Å². The summed E-state index contributed by atoms with van der Waals surface area (Å²) in [6.45, 7) is 1.95. The molecule has 0 aliphatic rings. The highest BCUT2D eigenvalue weighted by Gasteiger charge is 2.35. The molecule has 0 aromatic rings. The van der Waals surface area contributed by atoms with Gasteiger partial charge in [0.2, 0.25) is 5.55 Å². The van der Waals surface area contributed by atoms with Gasteiger partial charge >= 0.3 is 9.08 Å². The van der Waals surface area contributed by atoms with E-state index in [9.17, 15) is 21.1 Å². The molecule has 0 heterocycles. The minimum absolute atomic E-state index is 0.0494. The third kappa shape index (κ3) is 12.3. The highest BCUT2D eigenvalue weighted by Crippen LogP contribution is 2.24. The van der Waals surface area contributed by atoms with Gasteiger partial charge in [-0.1, -0.05) is 32.2 Å². The quantitative estimate of drug-likeness (QED) is 0.243. The Morgan fingerprint density at radius 1 is 1.00 bits per heavy atom. The van der Waals surface area contributed by atoms with Crippen LogP contribution < -0.4 is 0 Å². The Bertz CT molecular complexity index is 194. The predicted molar refractivity (Wildman–Crippen MR) is 65.6 cm³/mol. The minimum Gasteiger partial charge on any atom is -0.238 e. The van der Waals surface area contributed by atoms with E-state index in [2.05, 4.69) is 0 Å². The SMILES string of the molecule is CCCCCC(F)(F)[SiH2]CCCC[Si](F)(F)F. The molecule has 0 unspecified atom stereocenters. The first-order valence-electron chi connectivity index (χ1n) is 6.21. The van der Waals surface area contributed by atoms with Crippen molar-refractivity contribution in [2.75, 3.05) is 0 Å². The smallest absolute Gasteiger partial charge is 0.238 e. The molecule has 0 N–H and O–H groups in total. The Labute approximate surface area is 103 Å². The Hall–Kier alpha value is 0.0838. The standard InChI is InChI=1S/C10H21F5Si2/c1-2-3-4-7-10(11,12)16-8-5-6-9-17(13,14)15/h2-9,16H2,1H3. The van der Waals surface area contributed by atoms with Gasteiger partial charge in [0.05, 0.1) is 0 Å². The van der Waals surface area contributed by atoms with E-state index in [4.69, 9.17) is 0 Å². The molecule has 0 radical (unpaired) electrons. The maximum Gasteiger partial charge on any atom is 0.616 e. The number of halogens is 5. The number of rotatable bonds is 10. The van der Waals surface area contributed by atoms with E-state index in [1.807, 2.05) is 6.92 Å². The zero-order valence-corrected chi connectivity index (χ0v) is 12.7. The van der Waals surface area contributed by atoms with Crippen LogP contribution in [0.1, 0.15) is 45.4 Å². The third-order valence-corrected chi connectivity index (χ3v) is 5.51. The fourth-order valence-electron chi connectivity index (χ4n) is 1.64. The van der Waals surface area contributed by atoms with E-state index in [1.54, 1.807) is 0 Å². The zero-order chi connectivity index (χ0) is 13.4. The van der Waals surface area contributed by atoms with Crippen molar-refractivity contribution in [2.24, 2.45) is 0 Å². The minimum atomic E-state index is -5.45. The van der Waals surface area contributed by atoms with Crippen LogP contribution in [0.4, 0.5) is 21.1 Å². The lowest BCUT2D eigenvalue weighted by molar-refractivity contribution is 0.0771. The second-order valence-corrected chi connectivity index (χ2v) is 8.46. The van der Waals surface area contributed by atoms with Gasteiger partial charge in [0.15, 0.2) is 0 Å². The van der Waals surface area contributed by atoms with Crippen molar-refractivity contribution in [3.8, 4) is 0 Å². The Morgan fingerprint density at radius 3 is 2.18 bits per heavy atom. The maximum atomic E-state index is 13.3. The van der Waals surface area contributed by atoms with Crippen LogP contribution in [0.25, 0.3) is 0 Å². The summed E-state index contributed by atoms with van der Waals surface area (Å²) in [5.41, 5.74) is -2.55. The number of hydrogen-bond acceptors (Lipinski definition) is 0. The molecule has 0 aliphatic carbocycles. The van der Waals surface area contributed by atoms with Gasteiger partial charge in [-0.05, 0) is 12.8 Å². The molecule has 0 nitrogen and oxygen atoms in total. The molecular formula is C10H21F5Si2. The van der Waals surface area contributed by atoms with Crippen molar-refractivity contribution in [1.29, 1.82) is 0 Å². The summed E-state index contributed by atoms with van der Waals surface area (Å²) in [6.07, 6.45) is 2.56. The predicted octanol–water partition coefficient (Wildman–Crippen LogP) is 4.37. The topological polar surface area (TPSA) is 0 Å². The summed E-state index contributed by atoms with van der Waals surface area (Å²) < 4.78 is 62.3. The highest BCUT2D eigenvalue weighted by atomic mass is 28.5. The van der Waals surface area contributed by atoms with Crippen molar-refractivity contribution < 1.29 is 21.1 Å². The van der Waals surface area contributed by atoms with Crippen molar-refractivity contribution in [3.05, 3.63) is 0 Å². The van der Waals surface area contributed by atoms with Crippen molar-refractivity contribution >= 4 is 18.6 Å². The summed E-state index contributed by atoms with van der Waals surface area (Å²) >= 11 is 0. The number of hydrogen-bond donors (Lipinski definition) is 0. The maximum absolute atomic E-state index is 13.3. The Kier molecular flexibility index (Phi) is 8.27. The van der Waals surface area contributed by atoms with E-state index in [0.717, 1.165) is 12.8 Å². The van der Waals surface area contributed by atoms with Crippen molar-refractivity contribution in [2.45, 2.75) is 63.1 Å². The van der Waals surface area contributed by atoms with Crippen LogP contribution >= 0.6 is 0 Å². The summed E-state index contributed by atoms with van der Waals surface area (Å²) in [5.74, 6) is 0. The van der Waals surface area contributed by atoms with Gasteiger partial charge in [0.1, 0.15) is 9.52 Å². The molecule has 0 bridgehead atoms. The van der Waals surface area contributed by atoms with Gasteiger partial charge in [-0.2, -0.15) is 0 Å². The first-order valence-corrected chi connectivity index (χ1v) is 9.76. The van der Waals surface area contributed by atoms with E-state index in [0.29, 0.717) is 18.9 Å². The summed E-state index contributed by atoms with van der Waals surface area (Å²) in [6, 6.07) is -0.369. The third-order valence-electron chi connectivity index (χ3n) is 2.65. The molecule has 0 aromatic heterocycles. The van der Waals surface area contributed by atoms with E-state index < -0.39 is 30.2 Å². The van der Waals surface area contributed by atoms with E-state index in [-0.39, 0.29) is 12.8 Å². The molecule has 104 valence electrons. The molecule has 0 atom stereocenters. The molecule has 0 amide bonds. The number of unbranched alkanes of at least 4 members (excludes halogenated alkanes) is 3. The lowest BCUT2D eigenvalue weighted by atomic mass is 10.2. The van der Waals surface area contributed by atoms with Gasteiger partial charge in [-0.25, -0.2) is 21.1 Å². The Morgan fingerprint density at radius 2 is 1.65 bits per heavy atom. The van der Waals surface area contributed by atoms with Gasteiger partial charge in [0.25, 0.3) is 0 Å². The molecule has 0 aromatic carbocycles. The van der Waals surface area contributed by atoms with Gasteiger partial charge in [-0.15, -0.1) is 0 Å². The second kappa shape index (κ2) is 8.23. The second-order valence-electron chi connectivity index (χ2n) is 4.49. The lowest BCUT2D eigenvalue weighted by Gasteiger charge is -2.15. The van der Waals surface area contributed by atoms with E-state index >= 15 is 0 Å². The molecule has 7 heteroatoms. The van der Waals surface area contributed by atoms with Gasteiger partial charge in [-0.3, -0.25) is 0 Å². The largest absolute Gasteiger partial charge is 0.616 e. The molecule has 0 aliphatic heterocycles. The molecular weight excluding hydrogens is 271 g/mol. The normalized spacial score (nSPS) is 13.8. The average molecular weight is 292 g/mol. The first-order chi connectivity index (χ1) is 7.77. The lowest BCUT2D eigenvalue weighted by Crippen LogP contribution is -2.24. The van der Waals surface area contributed by atoms with Crippen molar-refractivity contribution in [3.63, 3.8) is 0 Å². The molecule has 0 fully saturated rings. The highest BCUT2D eigenvalue weighted by molar-refractivity contribution is 6.58. The van der Waals surface area contributed by atoms with E-state index in [1.165, 1.54) is 0 Å². The van der Waals surface area contributed by atoms with Gasteiger partial charge < -0.3 is 0 Å². The van der Waals surface area contributed by atoms with Crippen molar-refractivity contribution in [1.82, 2.24) is 0 Å². The summed E-state index contributed by atoms with van der Waals surface area (Å²) in [4.78, 5) is 0. The fourth-order valence-corrected chi connectivity index (χ4v) is 3.92. The molecule has 17 heavy (non-hydrogen) atoms. The van der Waals surface area contributed by atoms with Crippen LogP contribution in [-0.2, 0) is 0 Å². The molecule has 0 spiro atoms. The molecule has 0 rings (SSSR count). The van der Waals surface area contributed by atoms with Gasteiger partial charge in [0, 0.05) is 12.5 Å². The van der Waals surface area contributed by atoms with Crippen LogP contribution in [0, 0.1) is 0 Å². The monoisotopic (exact) mass is 292 g/mol. The first kappa shape index (κ1) is 17.1. The summed E-state index contributed by atoms with van der Waals surface area (Å²) in [5, 5.41) is 0. The van der Waals surface area contributed by atoms with Crippen LogP contribution in [0.2, 0.25) is 12.1 Å². The fraction of sp³-hybridized carbons (Fsp3) is 1.00. The molecule has 0 saturated carbocycles. The van der Waals surface area contributed by atoms with Crippen LogP contribution in [-0.4, -0.2) is 24.1 Å². The van der Waals surface area contributed by atoms with Crippen LogP contribution in [0.15, 0.2) is 0 Å². The average Bonchev–Trinajstić information content (AvgIpc) is 2.15. The molecule has 0 saturated heterocycles. The Balaban J connectivity index is 3.51. The summed E-state index contributed by atoms with van der Waals surface area (Å²) in [7, 11) is -6.99. The van der Waals surface area contributed by atoms with Crippen LogP contribution in [0.3, 0.4) is 0 Å². The zero-order valence-electron chi connectivity index (χ0n) is 10.3.